The molecule has 0 aliphatic rings. The monoisotopic (exact) mass is 291 g/mol. The Bertz CT molecular complexity index is 522. The fourth-order valence-electron chi connectivity index (χ4n) is 1.72. The van der Waals surface area contributed by atoms with Crippen LogP contribution < -0.4 is 10.1 Å². The van der Waals surface area contributed by atoms with Gasteiger partial charge in [0, 0.05) is 11.9 Å². The molecule has 0 spiro atoms. The average Bonchev–Trinajstić information content (AvgIpc) is 2.83. The van der Waals surface area contributed by atoms with E-state index in [0.29, 0.717) is 12.5 Å². The van der Waals surface area contributed by atoms with E-state index >= 15 is 0 Å². The van der Waals surface area contributed by atoms with E-state index in [1.807, 2.05) is 24.4 Å². The highest BCUT2D eigenvalue weighted by molar-refractivity contribution is 7.09. The maximum atomic E-state index is 5.66. The van der Waals surface area contributed by atoms with Crippen LogP contribution in [-0.2, 0) is 13.2 Å². The van der Waals surface area contributed by atoms with E-state index in [-0.39, 0.29) is 0 Å². The molecule has 2 rings (SSSR count). The molecule has 0 aliphatic heterocycles. The predicted molar refractivity (Wildman–Crippen MR) is 82.0 cm³/mol. The Morgan fingerprint density at radius 1 is 1.30 bits per heavy atom. The summed E-state index contributed by atoms with van der Waals surface area (Å²) in [5.41, 5.74) is 2.00. The van der Waals surface area contributed by atoms with E-state index in [0.717, 1.165) is 35.2 Å². The molecule has 0 bridgehead atoms. The molecular formula is C15H21N3OS. The van der Waals surface area contributed by atoms with Crippen LogP contribution in [-0.4, -0.2) is 16.5 Å². The minimum Gasteiger partial charge on any atom is -0.486 e. The smallest absolute Gasteiger partial charge is 0.138 e. The van der Waals surface area contributed by atoms with Crippen LogP contribution in [0.5, 0.6) is 5.75 Å². The van der Waals surface area contributed by atoms with Crippen molar-refractivity contribution in [1.29, 1.82) is 0 Å². The van der Waals surface area contributed by atoms with E-state index < -0.39 is 0 Å². The van der Waals surface area contributed by atoms with Gasteiger partial charge in [-0.2, -0.15) is 0 Å². The first-order valence-corrected chi connectivity index (χ1v) is 7.71. The lowest BCUT2D eigenvalue weighted by atomic mass is 10.2. The summed E-state index contributed by atoms with van der Waals surface area (Å²) in [7, 11) is 0. The van der Waals surface area contributed by atoms with Gasteiger partial charge in [-0.05, 0) is 31.5 Å². The summed E-state index contributed by atoms with van der Waals surface area (Å²) in [5, 5.41) is 6.45. The van der Waals surface area contributed by atoms with Crippen LogP contribution in [0.25, 0.3) is 0 Å². The summed E-state index contributed by atoms with van der Waals surface area (Å²) in [6, 6.07) is 3.95. The first-order valence-electron chi connectivity index (χ1n) is 6.83. The summed E-state index contributed by atoms with van der Waals surface area (Å²) in [6.45, 7) is 8.67. The maximum absolute atomic E-state index is 5.66. The fraction of sp³-hybridized carbons (Fsp3) is 0.467. The number of nitrogens with zero attached hydrogens (tertiary/aromatic N) is 2. The molecule has 0 aliphatic carbocycles. The molecule has 0 amide bonds. The van der Waals surface area contributed by atoms with Gasteiger partial charge >= 0.3 is 0 Å². The third-order valence-electron chi connectivity index (χ3n) is 2.71. The average molecular weight is 291 g/mol. The van der Waals surface area contributed by atoms with E-state index in [4.69, 9.17) is 4.74 Å². The first-order chi connectivity index (χ1) is 9.63. The van der Waals surface area contributed by atoms with Crippen LogP contribution in [0.3, 0.4) is 0 Å². The van der Waals surface area contributed by atoms with Crippen molar-refractivity contribution in [3.8, 4) is 5.75 Å². The number of nitrogens with one attached hydrogen (secondary N) is 1. The third-order valence-corrected chi connectivity index (χ3v) is 3.53. The van der Waals surface area contributed by atoms with E-state index in [2.05, 4.69) is 29.1 Å². The summed E-state index contributed by atoms with van der Waals surface area (Å²) in [6.07, 6.45) is 1.77. The van der Waals surface area contributed by atoms with Gasteiger partial charge in [0.15, 0.2) is 0 Å². The number of ether oxygens (including phenoxy) is 1. The van der Waals surface area contributed by atoms with Crippen molar-refractivity contribution in [2.75, 3.05) is 6.54 Å². The van der Waals surface area contributed by atoms with Gasteiger partial charge in [-0.15, -0.1) is 11.3 Å². The number of pyridine rings is 1. The van der Waals surface area contributed by atoms with Crippen LogP contribution in [0.15, 0.2) is 23.7 Å². The molecule has 2 aromatic heterocycles. The zero-order valence-corrected chi connectivity index (χ0v) is 13.0. The SMILES string of the molecule is Cc1nc(COc2ccc(CNCC(C)C)nc2)cs1. The Morgan fingerprint density at radius 2 is 2.15 bits per heavy atom. The van der Waals surface area contributed by atoms with E-state index in [1.165, 1.54) is 0 Å². The molecule has 1 N–H and O–H groups in total. The lowest BCUT2D eigenvalue weighted by molar-refractivity contribution is 0.300. The quantitative estimate of drug-likeness (QED) is 0.851. The van der Waals surface area contributed by atoms with Gasteiger partial charge in [0.05, 0.1) is 22.6 Å². The number of aromatic nitrogens is 2. The van der Waals surface area contributed by atoms with Crippen LogP contribution >= 0.6 is 11.3 Å². The van der Waals surface area contributed by atoms with Crippen LogP contribution in [0.1, 0.15) is 30.2 Å². The number of hydrogen-bond acceptors (Lipinski definition) is 5. The van der Waals surface area contributed by atoms with Crippen LogP contribution in [0, 0.1) is 12.8 Å². The van der Waals surface area contributed by atoms with Crippen LogP contribution in [0.2, 0.25) is 0 Å². The molecule has 5 heteroatoms. The van der Waals surface area contributed by atoms with Crippen molar-refractivity contribution in [2.45, 2.75) is 33.9 Å². The zero-order chi connectivity index (χ0) is 14.4. The number of rotatable bonds is 7. The van der Waals surface area contributed by atoms with Crippen molar-refractivity contribution >= 4 is 11.3 Å². The largest absolute Gasteiger partial charge is 0.486 e. The van der Waals surface area contributed by atoms with E-state index in [9.17, 15) is 0 Å². The second-order valence-corrected chi connectivity index (χ2v) is 6.22. The molecular weight excluding hydrogens is 270 g/mol. The van der Waals surface area contributed by atoms with Gasteiger partial charge in [-0.1, -0.05) is 13.8 Å². The molecule has 0 unspecified atom stereocenters. The molecule has 0 saturated carbocycles. The van der Waals surface area contributed by atoms with Crippen molar-refractivity contribution in [3.63, 3.8) is 0 Å². The Labute approximate surface area is 124 Å². The summed E-state index contributed by atoms with van der Waals surface area (Å²) in [4.78, 5) is 8.75. The Kier molecular flexibility index (Phi) is 5.49. The number of hydrogen-bond donors (Lipinski definition) is 1. The highest BCUT2D eigenvalue weighted by Crippen LogP contribution is 2.13. The molecule has 2 aromatic rings. The fourth-order valence-corrected chi connectivity index (χ4v) is 2.32. The Hall–Kier alpha value is -1.46. The van der Waals surface area contributed by atoms with Gasteiger partial charge in [-0.25, -0.2) is 4.98 Å². The van der Waals surface area contributed by atoms with Crippen LogP contribution in [0.4, 0.5) is 0 Å². The molecule has 0 fully saturated rings. The first kappa shape index (κ1) is 14.9. The van der Waals surface area contributed by atoms with Crippen molar-refractivity contribution in [3.05, 3.63) is 40.1 Å². The van der Waals surface area contributed by atoms with Gasteiger partial charge < -0.3 is 10.1 Å². The summed E-state index contributed by atoms with van der Waals surface area (Å²) in [5.74, 6) is 1.43. The lowest BCUT2D eigenvalue weighted by Crippen LogP contribution is -2.19. The summed E-state index contributed by atoms with van der Waals surface area (Å²) >= 11 is 1.64. The highest BCUT2D eigenvalue weighted by atomic mass is 32.1. The van der Waals surface area contributed by atoms with Gasteiger partial charge in [0.1, 0.15) is 12.4 Å². The molecule has 0 saturated heterocycles. The number of thiazole rings is 1. The highest BCUT2D eigenvalue weighted by Gasteiger charge is 2.01. The van der Waals surface area contributed by atoms with Gasteiger partial charge in [0.2, 0.25) is 0 Å². The molecule has 0 aromatic carbocycles. The van der Waals surface area contributed by atoms with E-state index in [1.54, 1.807) is 17.5 Å². The molecule has 0 atom stereocenters. The Morgan fingerprint density at radius 3 is 2.75 bits per heavy atom. The maximum Gasteiger partial charge on any atom is 0.138 e. The minimum atomic E-state index is 0.497. The molecule has 2 heterocycles. The topological polar surface area (TPSA) is 47.0 Å². The van der Waals surface area contributed by atoms with Gasteiger partial charge in [0.25, 0.3) is 0 Å². The second-order valence-electron chi connectivity index (χ2n) is 5.16. The predicted octanol–water partition coefficient (Wildman–Crippen LogP) is 3.17. The lowest BCUT2D eigenvalue weighted by Gasteiger charge is -2.08. The van der Waals surface area contributed by atoms with Crippen molar-refractivity contribution in [2.24, 2.45) is 5.92 Å². The van der Waals surface area contributed by atoms with Crippen molar-refractivity contribution in [1.82, 2.24) is 15.3 Å². The molecule has 108 valence electrons. The van der Waals surface area contributed by atoms with Crippen molar-refractivity contribution < 1.29 is 4.74 Å². The third kappa shape index (κ3) is 4.90. The second kappa shape index (κ2) is 7.36. The molecule has 4 nitrogen and oxygen atoms in total. The Balaban J connectivity index is 1.79. The molecule has 20 heavy (non-hydrogen) atoms. The number of aryl methyl sites for hydroxylation is 1. The van der Waals surface area contributed by atoms with Gasteiger partial charge in [-0.3, -0.25) is 4.98 Å². The zero-order valence-electron chi connectivity index (χ0n) is 12.2. The minimum absolute atomic E-state index is 0.497. The summed E-state index contributed by atoms with van der Waals surface area (Å²) < 4.78 is 5.66. The standard InChI is InChI=1S/C15H21N3OS/c1-11(2)6-16-7-13-4-5-15(8-17-13)19-9-14-10-20-12(3)18-14/h4-5,8,10-11,16H,6-7,9H2,1-3H3. The molecule has 0 radical (unpaired) electrons. The normalized spacial score (nSPS) is 11.0.